The summed E-state index contributed by atoms with van der Waals surface area (Å²) >= 11 is 0. The summed E-state index contributed by atoms with van der Waals surface area (Å²) < 4.78 is 0. The lowest BCUT2D eigenvalue weighted by atomic mass is 9.86. The Morgan fingerprint density at radius 1 is 1.11 bits per heavy atom. The third kappa shape index (κ3) is 5.71. The molecule has 0 bridgehead atoms. The molecule has 1 aliphatic heterocycles. The van der Waals surface area contributed by atoms with Crippen LogP contribution >= 0.6 is 0 Å². The Balaban J connectivity index is 2.10. The van der Waals surface area contributed by atoms with Crippen LogP contribution in [0.3, 0.4) is 0 Å². The maximum Gasteiger partial charge on any atom is 0.0192 e. The maximum absolute atomic E-state index is 3.61. The van der Waals surface area contributed by atoms with Crippen LogP contribution in [-0.4, -0.2) is 37.1 Å². The predicted molar refractivity (Wildman–Crippen MR) is 81.0 cm³/mol. The van der Waals surface area contributed by atoms with Crippen molar-refractivity contribution in [1.29, 1.82) is 0 Å². The molecular formula is C16H34N2. The van der Waals surface area contributed by atoms with E-state index in [9.17, 15) is 0 Å². The highest BCUT2D eigenvalue weighted by Gasteiger charge is 2.23. The minimum absolute atomic E-state index is 0.708. The number of hydrogen-bond acceptors (Lipinski definition) is 2. The van der Waals surface area contributed by atoms with Crippen molar-refractivity contribution < 1.29 is 0 Å². The zero-order chi connectivity index (χ0) is 13.4. The molecule has 1 N–H and O–H groups in total. The van der Waals surface area contributed by atoms with Crippen molar-refractivity contribution in [2.75, 3.05) is 26.2 Å². The van der Waals surface area contributed by atoms with Crippen LogP contribution in [0, 0.1) is 11.8 Å². The number of nitrogens with zero attached hydrogens (tertiary/aromatic N) is 1. The topological polar surface area (TPSA) is 15.3 Å². The van der Waals surface area contributed by atoms with Crippen LogP contribution in [0.25, 0.3) is 0 Å². The van der Waals surface area contributed by atoms with Crippen molar-refractivity contribution in [2.24, 2.45) is 11.8 Å². The zero-order valence-corrected chi connectivity index (χ0v) is 13.0. The Morgan fingerprint density at radius 3 is 2.33 bits per heavy atom. The van der Waals surface area contributed by atoms with E-state index >= 15 is 0 Å². The number of rotatable bonds is 8. The van der Waals surface area contributed by atoms with E-state index in [-0.39, 0.29) is 0 Å². The molecule has 1 rings (SSSR count). The van der Waals surface area contributed by atoms with Crippen LogP contribution < -0.4 is 5.32 Å². The third-order valence-corrected chi connectivity index (χ3v) is 4.54. The summed E-state index contributed by atoms with van der Waals surface area (Å²) in [5, 5.41) is 3.61. The van der Waals surface area contributed by atoms with Gasteiger partial charge in [0, 0.05) is 12.6 Å². The smallest absolute Gasteiger partial charge is 0.0192 e. The molecule has 0 aromatic rings. The Labute approximate surface area is 115 Å². The van der Waals surface area contributed by atoms with Gasteiger partial charge < -0.3 is 5.32 Å². The van der Waals surface area contributed by atoms with Gasteiger partial charge in [-0.1, -0.05) is 33.6 Å². The molecule has 1 fully saturated rings. The van der Waals surface area contributed by atoms with Gasteiger partial charge in [0.2, 0.25) is 0 Å². The summed E-state index contributed by atoms with van der Waals surface area (Å²) in [6.07, 6.45) is 6.81. The van der Waals surface area contributed by atoms with Crippen molar-refractivity contribution >= 4 is 0 Å². The van der Waals surface area contributed by atoms with Crippen molar-refractivity contribution in [3.63, 3.8) is 0 Å². The molecule has 2 nitrogen and oxygen atoms in total. The third-order valence-electron chi connectivity index (χ3n) is 4.54. The van der Waals surface area contributed by atoms with E-state index in [1.165, 1.54) is 51.7 Å². The molecule has 1 atom stereocenters. The van der Waals surface area contributed by atoms with E-state index in [1.54, 1.807) is 0 Å². The average Bonchev–Trinajstić information content (AvgIpc) is 2.38. The Bertz CT molecular complexity index is 195. The lowest BCUT2D eigenvalue weighted by Crippen LogP contribution is -2.45. The highest BCUT2D eigenvalue weighted by Crippen LogP contribution is 2.25. The van der Waals surface area contributed by atoms with Crippen LogP contribution in [0.4, 0.5) is 0 Å². The summed E-state index contributed by atoms with van der Waals surface area (Å²) in [6.45, 7) is 14.4. The minimum atomic E-state index is 0.708. The van der Waals surface area contributed by atoms with Gasteiger partial charge in [-0.3, -0.25) is 4.90 Å². The highest BCUT2D eigenvalue weighted by atomic mass is 15.2. The number of unbranched alkanes of at least 4 members (excludes halogenated alkanes) is 2. The standard InChI is InChI=1S/C16H34N2/c1-5-6-7-10-17-13-15(4)18-11-8-16(9-12-18)14(2)3/h14-17H,5-13H2,1-4H3. The largest absolute Gasteiger partial charge is 0.315 e. The Kier molecular flexibility index (Phi) is 7.92. The van der Waals surface area contributed by atoms with Gasteiger partial charge in [-0.2, -0.15) is 0 Å². The fourth-order valence-corrected chi connectivity index (χ4v) is 2.97. The van der Waals surface area contributed by atoms with Crippen molar-refractivity contribution in [2.45, 2.75) is 65.8 Å². The van der Waals surface area contributed by atoms with E-state index < -0.39 is 0 Å². The molecule has 18 heavy (non-hydrogen) atoms. The van der Waals surface area contributed by atoms with Gasteiger partial charge >= 0.3 is 0 Å². The number of piperidine rings is 1. The van der Waals surface area contributed by atoms with E-state index in [2.05, 4.69) is 37.9 Å². The first-order valence-corrected chi connectivity index (χ1v) is 8.09. The summed E-state index contributed by atoms with van der Waals surface area (Å²) in [5.41, 5.74) is 0. The number of nitrogens with one attached hydrogen (secondary N) is 1. The van der Waals surface area contributed by atoms with E-state index in [0.717, 1.165) is 18.4 Å². The van der Waals surface area contributed by atoms with Crippen LogP contribution in [0.2, 0.25) is 0 Å². The lowest BCUT2D eigenvalue weighted by Gasteiger charge is -2.37. The molecule has 0 aromatic carbocycles. The van der Waals surface area contributed by atoms with E-state index in [4.69, 9.17) is 0 Å². The summed E-state index contributed by atoms with van der Waals surface area (Å²) in [5.74, 6) is 1.83. The van der Waals surface area contributed by atoms with Crippen LogP contribution in [0.1, 0.15) is 59.8 Å². The second-order valence-electron chi connectivity index (χ2n) is 6.38. The summed E-state index contributed by atoms with van der Waals surface area (Å²) in [4.78, 5) is 2.67. The maximum atomic E-state index is 3.61. The fourth-order valence-electron chi connectivity index (χ4n) is 2.97. The SMILES string of the molecule is CCCCCNCC(C)N1CCC(C(C)C)CC1. The van der Waals surface area contributed by atoms with E-state index in [1.807, 2.05) is 0 Å². The van der Waals surface area contributed by atoms with E-state index in [0.29, 0.717) is 6.04 Å². The predicted octanol–water partition coefficient (Wildman–Crippen LogP) is 3.52. The van der Waals surface area contributed by atoms with Gasteiger partial charge in [-0.15, -0.1) is 0 Å². The van der Waals surface area contributed by atoms with Crippen LogP contribution in [0.5, 0.6) is 0 Å². The summed E-state index contributed by atoms with van der Waals surface area (Å²) in [7, 11) is 0. The lowest BCUT2D eigenvalue weighted by molar-refractivity contribution is 0.121. The molecule has 1 aliphatic rings. The van der Waals surface area contributed by atoms with Crippen molar-refractivity contribution in [3.8, 4) is 0 Å². The first-order valence-electron chi connectivity index (χ1n) is 8.09. The zero-order valence-electron chi connectivity index (χ0n) is 13.0. The second-order valence-corrected chi connectivity index (χ2v) is 6.38. The van der Waals surface area contributed by atoms with Crippen LogP contribution in [-0.2, 0) is 0 Å². The molecule has 2 heteroatoms. The van der Waals surface area contributed by atoms with Gasteiger partial charge in [0.05, 0.1) is 0 Å². The fraction of sp³-hybridized carbons (Fsp3) is 1.00. The van der Waals surface area contributed by atoms with Crippen molar-refractivity contribution in [3.05, 3.63) is 0 Å². The molecule has 0 radical (unpaired) electrons. The van der Waals surface area contributed by atoms with Crippen molar-refractivity contribution in [1.82, 2.24) is 10.2 Å². The quantitative estimate of drug-likeness (QED) is 0.667. The Hall–Kier alpha value is -0.0800. The number of hydrogen-bond donors (Lipinski definition) is 1. The van der Waals surface area contributed by atoms with Gasteiger partial charge in [-0.05, 0) is 57.7 Å². The monoisotopic (exact) mass is 254 g/mol. The molecule has 0 aromatic heterocycles. The molecule has 0 aliphatic carbocycles. The first kappa shape index (κ1) is 16.0. The summed E-state index contributed by atoms with van der Waals surface area (Å²) in [6, 6.07) is 0.708. The molecule has 0 spiro atoms. The Morgan fingerprint density at radius 2 is 1.78 bits per heavy atom. The van der Waals surface area contributed by atoms with Crippen LogP contribution in [0.15, 0.2) is 0 Å². The molecule has 108 valence electrons. The average molecular weight is 254 g/mol. The second kappa shape index (κ2) is 8.92. The van der Waals surface area contributed by atoms with Gasteiger partial charge in [0.15, 0.2) is 0 Å². The first-order chi connectivity index (χ1) is 8.65. The normalized spacial score (nSPS) is 20.5. The molecule has 1 unspecified atom stereocenters. The minimum Gasteiger partial charge on any atom is -0.315 e. The molecular weight excluding hydrogens is 220 g/mol. The van der Waals surface area contributed by atoms with Gasteiger partial charge in [0.25, 0.3) is 0 Å². The van der Waals surface area contributed by atoms with Gasteiger partial charge in [-0.25, -0.2) is 0 Å². The molecule has 1 heterocycles. The highest BCUT2D eigenvalue weighted by molar-refractivity contribution is 4.78. The van der Waals surface area contributed by atoms with Gasteiger partial charge in [0.1, 0.15) is 0 Å². The molecule has 0 saturated carbocycles. The number of likely N-dealkylation sites (tertiary alicyclic amines) is 1. The molecule has 0 amide bonds. The molecule has 1 saturated heterocycles.